The molecule has 0 aliphatic rings. The molecule has 3 aromatic heterocycles. The highest BCUT2D eigenvalue weighted by Crippen LogP contribution is 2.26. The van der Waals surface area contributed by atoms with Crippen LogP contribution < -0.4 is 0 Å². The van der Waals surface area contributed by atoms with Gasteiger partial charge in [-0.3, -0.25) is 9.55 Å². The fourth-order valence-electron chi connectivity index (χ4n) is 2.53. The first-order valence-corrected chi connectivity index (χ1v) is 8.70. The average Bonchev–Trinajstić information content (AvgIpc) is 3.17. The Labute approximate surface area is 138 Å². The number of aromatic nitrogens is 3. The zero-order valence-electron chi connectivity index (χ0n) is 13.3. The molecule has 0 radical (unpaired) electrons. The largest absolute Gasteiger partial charge is 0.462 e. The van der Waals surface area contributed by atoms with Crippen molar-refractivity contribution in [3.05, 3.63) is 40.6 Å². The summed E-state index contributed by atoms with van der Waals surface area (Å²) in [5.41, 5.74) is 2.85. The summed E-state index contributed by atoms with van der Waals surface area (Å²) >= 11 is 1.40. The topological polar surface area (TPSA) is 57.0 Å². The molecule has 0 bridgehead atoms. The number of carbonyl (C=O) groups excluding carboxylic acids is 1. The first-order valence-electron chi connectivity index (χ1n) is 7.82. The summed E-state index contributed by atoms with van der Waals surface area (Å²) in [5.74, 6) is 0.730. The van der Waals surface area contributed by atoms with Gasteiger partial charge in [-0.05, 0) is 25.5 Å². The van der Waals surface area contributed by atoms with Gasteiger partial charge in [-0.25, -0.2) is 9.78 Å². The minimum absolute atomic E-state index is 0.273. The molecule has 5 nitrogen and oxygen atoms in total. The number of aryl methyl sites for hydroxylation is 1. The van der Waals surface area contributed by atoms with E-state index in [9.17, 15) is 4.79 Å². The minimum Gasteiger partial charge on any atom is -0.462 e. The number of carbonyl (C=O) groups is 1. The van der Waals surface area contributed by atoms with Crippen molar-refractivity contribution in [2.24, 2.45) is 0 Å². The molecule has 0 spiro atoms. The van der Waals surface area contributed by atoms with Crippen LogP contribution in [0.25, 0.3) is 16.7 Å². The number of imidazole rings is 1. The number of rotatable bonds is 6. The van der Waals surface area contributed by atoms with Crippen molar-refractivity contribution in [2.75, 3.05) is 6.61 Å². The number of unbranched alkanes of at least 4 members (excludes halogenated alkanes) is 1. The van der Waals surface area contributed by atoms with Gasteiger partial charge >= 0.3 is 5.97 Å². The zero-order valence-corrected chi connectivity index (χ0v) is 14.1. The number of thiophene rings is 1. The second-order valence-electron chi connectivity index (χ2n) is 5.22. The van der Waals surface area contributed by atoms with Crippen LogP contribution in [0.2, 0.25) is 0 Å². The first-order chi connectivity index (χ1) is 11.2. The van der Waals surface area contributed by atoms with E-state index in [0.29, 0.717) is 11.5 Å². The SMILES string of the molecule is CCCCc1nc2cnccc2n1-c1csc(C(=O)OCC)c1. The number of pyridine rings is 1. The van der Waals surface area contributed by atoms with Gasteiger partial charge in [0.05, 0.1) is 24.0 Å². The van der Waals surface area contributed by atoms with Gasteiger partial charge in [-0.2, -0.15) is 0 Å². The Morgan fingerprint density at radius 1 is 1.39 bits per heavy atom. The van der Waals surface area contributed by atoms with Crippen molar-refractivity contribution in [1.29, 1.82) is 0 Å². The lowest BCUT2D eigenvalue weighted by Gasteiger charge is -2.06. The van der Waals surface area contributed by atoms with Crippen molar-refractivity contribution in [2.45, 2.75) is 33.1 Å². The molecule has 0 aromatic carbocycles. The van der Waals surface area contributed by atoms with Crippen LogP contribution in [0.4, 0.5) is 0 Å². The molecular formula is C17H19N3O2S. The Hall–Kier alpha value is -2.21. The second kappa shape index (κ2) is 6.91. The van der Waals surface area contributed by atoms with E-state index in [0.717, 1.165) is 41.8 Å². The number of nitrogens with zero attached hydrogens (tertiary/aromatic N) is 3. The molecule has 3 aromatic rings. The standard InChI is InChI=1S/C17H19N3O2S/c1-3-5-6-16-19-13-10-18-8-7-14(13)20(16)12-9-15(23-11-12)17(21)22-4-2/h7-11H,3-6H2,1-2H3. The molecule has 0 amide bonds. The van der Waals surface area contributed by atoms with Gasteiger partial charge in [-0.1, -0.05) is 13.3 Å². The van der Waals surface area contributed by atoms with Crippen LogP contribution in [-0.2, 0) is 11.2 Å². The molecule has 0 aliphatic heterocycles. The van der Waals surface area contributed by atoms with Crippen LogP contribution >= 0.6 is 11.3 Å². The van der Waals surface area contributed by atoms with Crippen LogP contribution in [0, 0.1) is 0 Å². The van der Waals surface area contributed by atoms with Crippen molar-refractivity contribution in [1.82, 2.24) is 14.5 Å². The van der Waals surface area contributed by atoms with E-state index >= 15 is 0 Å². The number of hydrogen-bond acceptors (Lipinski definition) is 5. The van der Waals surface area contributed by atoms with E-state index in [4.69, 9.17) is 9.72 Å². The predicted octanol–water partition coefficient (Wildman–Crippen LogP) is 4.00. The monoisotopic (exact) mass is 329 g/mol. The fraction of sp³-hybridized carbons (Fsp3) is 0.353. The van der Waals surface area contributed by atoms with E-state index in [2.05, 4.69) is 16.5 Å². The predicted molar refractivity (Wildman–Crippen MR) is 91.3 cm³/mol. The van der Waals surface area contributed by atoms with Crippen molar-refractivity contribution in [3.63, 3.8) is 0 Å². The van der Waals surface area contributed by atoms with E-state index in [1.807, 2.05) is 24.4 Å². The number of fused-ring (bicyclic) bond motifs is 1. The Balaban J connectivity index is 2.05. The summed E-state index contributed by atoms with van der Waals surface area (Å²) in [5, 5.41) is 1.98. The van der Waals surface area contributed by atoms with Crippen LogP contribution in [0.15, 0.2) is 29.9 Å². The molecule has 6 heteroatoms. The molecule has 0 N–H and O–H groups in total. The van der Waals surface area contributed by atoms with Gasteiger partial charge in [-0.15, -0.1) is 11.3 Å². The van der Waals surface area contributed by atoms with Crippen molar-refractivity contribution >= 4 is 28.3 Å². The lowest BCUT2D eigenvalue weighted by molar-refractivity contribution is 0.0532. The normalized spacial score (nSPS) is 11.0. The average molecular weight is 329 g/mol. The van der Waals surface area contributed by atoms with Crippen LogP contribution in [0.5, 0.6) is 0 Å². The smallest absolute Gasteiger partial charge is 0.348 e. The molecule has 0 saturated heterocycles. The third-order valence-electron chi connectivity index (χ3n) is 3.60. The second-order valence-corrected chi connectivity index (χ2v) is 6.13. The van der Waals surface area contributed by atoms with E-state index in [1.54, 1.807) is 12.4 Å². The lowest BCUT2D eigenvalue weighted by atomic mass is 10.2. The highest BCUT2D eigenvalue weighted by Gasteiger charge is 2.16. The highest BCUT2D eigenvalue weighted by molar-refractivity contribution is 7.12. The Kier molecular flexibility index (Phi) is 4.71. The summed E-state index contributed by atoms with van der Waals surface area (Å²) < 4.78 is 7.19. The number of esters is 1. The molecule has 0 unspecified atom stereocenters. The summed E-state index contributed by atoms with van der Waals surface area (Å²) in [6.07, 6.45) is 6.63. The molecule has 3 heterocycles. The third kappa shape index (κ3) is 3.12. The zero-order chi connectivity index (χ0) is 16.2. The molecule has 0 aliphatic carbocycles. The Morgan fingerprint density at radius 3 is 3.04 bits per heavy atom. The third-order valence-corrected chi connectivity index (χ3v) is 4.50. The Bertz CT molecular complexity index is 822. The van der Waals surface area contributed by atoms with Gasteiger partial charge in [0.2, 0.25) is 0 Å². The summed E-state index contributed by atoms with van der Waals surface area (Å²) in [4.78, 5) is 21.4. The van der Waals surface area contributed by atoms with Gasteiger partial charge < -0.3 is 4.74 Å². The lowest BCUT2D eigenvalue weighted by Crippen LogP contribution is -2.03. The minimum atomic E-state index is -0.273. The quantitative estimate of drug-likeness (QED) is 0.641. The van der Waals surface area contributed by atoms with Crippen molar-refractivity contribution in [3.8, 4) is 5.69 Å². The maximum absolute atomic E-state index is 11.9. The molecule has 23 heavy (non-hydrogen) atoms. The van der Waals surface area contributed by atoms with Crippen molar-refractivity contribution < 1.29 is 9.53 Å². The number of hydrogen-bond donors (Lipinski definition) is 0. The number of ether oxygens (including phenoxy) is 1. The maximum atomic E-state index is 11.9. The van der Waals surface area contributed by atoms with Gasteiger partial charge in [0.1, 0.15) is 16.2 Å². The van der Waals surface area contributed by atoms with Crippen LogP contribution in [-0.4, -0.2) is 27.1 Å². The van der Waals surface area contributed by atoms with Gasteiger partial charge in [0.15, 0.2) is 0 Å². The fourth-order valence-corrected chi connectivity index (χ4v) is 3.29. The molecule has 0 fully saturated rings. The summed E-state index contributed by atoms with van der Waals surface area (Å²) in [6, 6.07) is 3.83. The maximum Gasteiger partial charge on any atom is 0.348 e. The van der Waals surface area contributed by atoms with E-state index in [-0.39, 0.29) is 5.97 Å². The molecular weight excluding hydrogens is 310 g/mol. The molecule has 0 atom stereocenters. The first kappa shape index (κ1) is 15.7. The molecule has 120 valence electrons. The van der Waals surface area contributed by atoms with E-state index < -0.39 is 0 Å². The van der Waals surface area contributed by atoms with Crippen LogP contribution in [0.1, 0.15) is 42.2 Å². The van der Waals surface area contributed by atoms with Crippen LogP contribution in [0.3, 0.4) is 0 Å². The molecule has 0 saturated carbocycles. The van der Waals surface area contributed by atoms with Gasteiger partial charge in [0.25, 0.3) is 0 Å². The Morgan fingerprint density at radius 2 is 2.26 bits per heavy atom. The summed E-state index contributed by atoms with van der Waals surface area (Å²) in [6.45, 7) is 4.36. The molecule has 3 rings (SSSR count). The highest BCUT2D eigenvalue weighted by atomic mass is 32.1. The summed E-state index contributed by atoms with van der Waals surface area (Å²) in [7, 11) is 0. The van der Waals surface area contributed by atoms with Gasteiger partial charge in [0, 0.05) is 18.0 Å². The van der Waals surface area contributed by atoms with E-state index in [1.165, 1.54) is 11.3 Å².